The molecule has 0 saturated carbocycles. The molecule has 2 N–H and O–H groups in total. The summed E-state index contributed by atoms with van der Waals surface area (Å²) in [5.74, 6) is -1.56. The zero-order valence-corrected chi connectivity index (χ0v) is 14.3. The Morgan fingerprint density at radius 3 is 2.64 bits per heavy atom. The smallest absolute Gasteiger partial charge is 0.326 e. The molecule has 25 heavy (non-hydrogen) atoms. The molecule has 7 heteroatoms. The molecule has 0 aliphatic carbocycles. The molecule has 1 heterocycles. The average Bonchev–Trinajstić information content (AvgIpc) is 3.00. The Labute approximate surface area is 146 Å². The number of carbonyl (C=O) groups is 3. The summed E-state index contributed by atoms with van der Waals surface area (Å²) in [4.78, 5) is 37.3. The van der Waals surface area contributed by atoms with Crippen molar-refractivity contribution in [1.29, 1.82) is 0 Å². The van der Waals surface area contributed by atoms with Crippen LogP contribution in [-0.4, -0.2) is 42.6 Å². The number of methoxy groups -OCH3 is 1. The van der Waals surface area contributed by atoms with Gasteiger partial charge in [0.2, 0.25) is 11.8 Å². The van der Waals surface area contributed by atoms with E-state index in [1.165, 1.54) is 4.90 Å². The number of anilines is 1. The van der Waals surface area contributed by atoms with Crippen LogP contribution in [0.25, 0.3) is 0 Å². The number of rotatable bonds is 7. The first-order chi connectivity index (χ1) is 12.0. The number of ether oxygens (including phenoxy) is 1. The first-order valence-electron chi connectivity index (χ1n) is 8.05. The maximum absolute atomic E-state index is 12.3. The normalized spacial score (nSPS) is 18.4. The predicted molar refractivity (Wildman–Crippen MR) is 92.5 cm³/mol. The van der Waals surface area contributed by atoms with E-state index < -0.39 is 23.8 Å². The van der Waals surface area contributed by atoms with Crippen molar-refractivity contribution >= 4 is 23.5 Å². The SMILES string of the molecule is C/C=C/CC(NC(=O)C1CC(=O)N(c2ccc(OC)cc2)C1)C(=O)O. The van der Waals surface area contributed by atoms with E-state index in [4.69, 9.17) is 4.74 Å². The Hall–Kier alpha value is -2.83. The minimum absolute atomic E-state index is 0.0633. The fraction of sp³-hybridized carbons (Fsp3) is 0.389. The van der Waals surface area contributed by atoms with Crippen LogP contribution in [0, 0.1) is 5.92 Å². The second-order valence-electron chi connectivity index (χ2n) is 5.81. The molecular weight excluding hydrogens is 324 g/mol. The highest BCUT2D eigenvalue weighted by Gasteiger charge is 2.36. The van der Waals surface area contributed by atoms with E-state index >= 15 is 0 Å². The minimum atomic E-state index is -1.09. The van der Waals surface area contributed by atoms with Gasteiger partial charge in [0.1, 0.15) is 11.8 Å². The zero-order valence-electron chi connectivity index (χ0n) is 14.3. The summed E-state index contributed by atoms with van der Waals surface area (Å²) < 4.78 is 5.09. The number of carboxylic acids is 1. The number of carboxylic acid groups (broad SMARTS) is 1. The summed E-state index contributed by atoms with van der Waals surface area (Å²) >= 11 is 0. The molecule has 0 bridgehead atoms. The summed E-state index contributed by atoms with van der Waals surface area (Å²) in [5.41, 5.74) is 0.685. The summed E-state index contributed by atoms with van der Waals surface area (Å²) in [5, 5.41) is 11.7. The van der Waals surface area contributed by atoms with Gasteiger partial charge in [0.25, 0.3) is 0 Å². The predicted octanol–water partition coefficient (Wildman–Crippen LogP) is 1.58. The van der Waals surface area contributed by atoms with Crippen LogP contribution in [0.15, 0.2) is 36.4 Å². The molecule has 0 spiro atoms. The monoisotopic (exact) mass is 346 g/mol. The first kappa shape index (κ1) is 18.5. The van der Waals surface area contributed by atoms with E-state index in [-0.39, 0.29) is 25.3 Å². The lowest BCUT2D eigenvalue weighted by atomic mass is 10.1. The fourth-order valence-electron chi connectivity index (χ4n) is 2.68. The van der Waals surface area contributed by atoms with Gasteiger partial charge in [-0.05, 0) is 37.6 Å². The molecule has 0 radical (unpaired) electrons. The molecule has 1 saturated heterocycles. The van der Waals surface area contributed by atoms with E-state index in [1.807, 2.05) is 0 Å². The van der Waals surface area contributed by atoms with Gasteiger partial charge < -0.3 is 20.1 Å². The topological polar surface area (TPSA) is 95.9 Å². The second-order valence-corrected chi connectivity index (χ2v) is 5.81. The molecule has 134 valence electrons. The van der Waals surface area contributed by atoms with Crippen LogP contribution in [0.3, 0.4) is 0 Å². The molecule has 2 unspecified atom stereocenters. The number of amides is 2. The van der Waals surface area contributed by atoms with Crippen molar-refractivity contribution in [3.8, 4) is 5.75 Å². The molecule has 0 aromatic heterocycles. The third kappa shape index (κ3) is 4.59. The van der Waals surface area contributed by atoms with Gasteiger partial charge in [-0.1, -0.05) is 12.2 Å². The van der Waals surface area contributed by atoms with Crippen molar-refractivity contribution in [3.05, 3.63) is 36.4 Å². The summed E-state index contributed by atoms with van der Waals surface area (Å²) in [6.45, 7) is 2.01. The number of nitrogens with zero attached hydrogens (tertiary/aromatic N) is 1. The third-order valence-electron chi connectivity index (χ3n) is 4.10. The number of carbonyl (C=O) groups excluding carboxylic acids is 2. The molecule has 7 nitrogen and oxygen atoms in total. The van der Waals surface area contributed by atoms with Crippen LogP contribution in [-0.2, 0) is 14.4 Å². The largest absolute Gasteiger partial charge is 0.497 e. The van der Waals surface area contributed by atoms with Gasteiger partial charge in [0, 0.05) is 18.7 Å². The zero-order chi connectivity index (χ0) is 18.4. The molecule has 1 aliphatic rings. The molecule has 1 aliphatic heterocycles. The van der Waals surface area contributed by atoms with Crippen LogP contribution >= 0.6 is 0 Å². The van der Waals surface area contributed by atoms with E-state index in [1.54, 1.807) is 50.5 Å². The van der Waals surface area contributed by atoms with Gasteiger partial charge in [-0.3, -0.25) is 9.59 Å². The lowest BCUT2D eigenvalue weighted by Gasteiger charge is -2.18. The Morgan fingerprint density at radius 2 is 2.08 bits per heavy atom. The van der Waals surface area contributed by atoms with Crippen LogP contribution in [0.2, 0.25) is 0 Å². The van der Waals surface area contributed by atoms with Crippen molar-refractivity contribution in [2.75, 3.05) is 18.6 Å². The number of benzene rings is 1. The molecule has 1 fully saturated rings. The summed E-state index contributed by atoms with van der Waals surface area (Å²) in [6.07, 6.45) is 3.68. The van der Waals surface area contributed by atoms with E-state index in [2.05, 4.69) is 5.32 Å². The average molecular weight is 346 g/mol. The molecule has 1 aromatic rings. The number of aliphatic carboxylic acids is 1. The van der Waals surface area contributed by atoms with Gasteiger partial charge in [-0.2, -0.15) is 0 Å². The fourth-order valence-corrected chi connectivity index (χ4v) is 2.68. The molecule has 2 amide bonds. The van der Waals surface area contributed by atoms with Crippen molar-refractivity contribution in [2.45, 2.75) is 25.8 Å². The maximum Gasteiger partial charge on any atom is 0.326 e. The highest BCUT2D eigenvalue weighted by molar-refractivity contribution is 6.00. The third-order valence-corrected chi connectivity index (χ3v) is 4.10. The molecule has 1 aromatic carbocycles. The Kier molecular flexibility index (Phi) is 6.16. The molecule has 2 rings (SSSR count). The van der Waals surface area contributed by atoms with Gasteiger partial charge >= 0.3 is 5.97 Å². The summed E-state index contributed by atoms with van der Waals surface area (Å²) in [6, 6.07) is 6.00. The van der Waals surface area contributed by atoms with Crippen molar-refractivity contribution in [2.24, 2.45) is 5.92 Å². The van der Waals surface area contributed by atoms with E-state index in [9.17, 15) is 19.5 Å². The molecular formula is C18H22N2O5. The Balaban J connectivity index is 2.02. The Morgan fingerprint density at radius 1 is 1.40 bits per heavy atom. The standard InChI is InChI=1S/C18H22N2O5/c1-3-4-5-15(18(23)24)19-17(22)12-10-16(21)20(11-12)13-6-8-14(25-2)9-7-13/h3-4,6-9,12,15H,5,10-11H2,1-2H3,(H,19,22)(H,23,24)/b4-3+. The van der Waals surface area contributed by atoms with Crippen molar-refractivity contribution in [1.82, 2.24) is 5.32 Å². The van der Waals surface area contributed by atoms with Crippen molar-refractivity contribution < 1.29 is 24.2 Å². The lowest BCUT2D eigenvalue weighted by molar-refractivity contribution is -0.142. The van der Waals surface area contributed by atoms with Crippen LogP contribution in [0.1, 0.15) is 19.8 Å². The number of allylic oxidation sites excluding steroid dienone is 1. The van der Waals surface area contributed by atoms with Gasteiger partial charge in [0.15, 0.2) is 0 Å². The summed E-state index contributed by atoms with van der Waals surface area (Å²) in [7, 11) is 1.56. The van der Waals surface area contributed by atoms with Crippen molar-refractivity contribution in [3.63, 3.8) is 0 Å². The van der Waals surface area contributed by atoms with Gasteiger partial charge in [-0.25, -0.2) is 4.79 Å². The number of hydrogen-bond acceptors (Lipinski definition) is 4. The number of nitrogens with one attached hydrogen (secondary N) is 1. The van der Waals surface area contributed by atoms with Crippen LogP contribution in [0.5, 0.6) is 5.75 Å². The molecule has 2 atom stereocenters. The maximum atomic E-state index is 12.3. The Bertz CT molecular complexity index is 669. The lowest BCUT2D eigenvalue weighted by Crippen LogP contribution is -2.44. The highest BCUT2D eigenvalue weighted by Crippen LogP contribution is 2.27. The van der Waals surface area contributed by atoms with Gasteiger partial charge in [-0.15, -0.1) is 0 Å². The minimum Gasteiger partial charge on any atom is -0.497 e. The highest BCUT2D eigenvalue weighted by atomic mass is 16.5. The quantitative estimate of drug-likeness (QED) is 0.731. The second kappa shape index (κ2) is 8.32. The van der Waals surface area contributed by atoms with Gasteiger partial charge in [0.05, 0.1) is 13.0 Å². The van der Waals surface area contributed by atoms with Crippen LogP contribution in [0.4, 0.5) is 5.69 Å². The van der Waals surface area contributed by atoms with Crippen LogP contribution < -0.4 is 15.0 Å². The van der Waals surface area contributed by atoms with E-state index in [0.717, 1.165) is 0 Å². The van der Waals surface area contributed by atoms with E-state index in [0.29, 0.717) is 11.4 Å². The number of hydrogen-bond donors (Lipinski definition) is 2. The first-order valence-corrected chi connectivity index (χ1v) is 8.05.